The molecule has 0 unspecified atom stereocenters. The number of hydrogen-bond acceptors (Lipinski definition) is 7. The molecule has 2 atom stereocenters. The van der Waals surface area contributed by atoms with E-state index in [1.54, 1.807) is 16.8 Å². The number of halogens is 1. The highest BCUT2D eigenvalue weighted by Crippen LogP contribution is 2.39. The maximum Gasteiger partial charge on any atom is 0.269 e. The number of primary amides is 1. The Hall–Kier alpha value is -3.37. The van der Waals surface area contributed by atoms with Crippen molar-refractivity contribution in [2.75, 3.05) is 5.32 Å². The molecule has 0 fully saturated rings. The Bertz CT molecular complexity index is 1180. The van der Waals surface area contributed by atoms with Crippen molar-refractivity contribution < 1.29 is 9.72 Å². The Labute approximate surface area is 186 Å². The van der Waals surface area contributed by atoms with E-state index in [4.69, 9.17) is 17.3 Å². The molecule has 1 aliphatic heterocycles. The number of benzene rings is 2. The van der Waals surface area contributed by atoms with Gasteiger partial charge in [0, 0.05) is 28.6 Å². The van der Waals surface area contributed by atoms with E-state index in [9.17, 15) is 14.9 Å². The second-order valence-corrected chi connectivity index (χ2v) is 8.22. The summed E-state index contributed by atoms with van der Waals surface area (Å²) in [5.41, 5.74) is 7.56. The van der Waals surface area contributed by atoms with E-state index in [0.717, 1.165) is 5.56 Å². The molecule has 0 aliphatic carbocycles. The summed E-state index contributed by atoms with van der Waals surface area (Å²) in [5.74, 6) is -0.428. The number of hydrogen-bond donors (Lipinski definition) is 2. The van der Waals surface area contributed by atoms with Gasteiger partial charge in [0.15, 0.2) is 0 Å². The van der Waals surface area contributed by atoms with Gasteiger partial charge in [0.05, 0.1) is 11.0 Å². The summed E-state index contributed by atoms with van der Waals surface area (Å²) in [6, 6.07) is 12.8. The van der Waals surface area contributed by atoms with E-state index >= 15 is 0 Å². The van der Waals surface area contributed by atoms with Gasteiger partial charge in [-0.3, -0.25) is 14.9 Å². The Morgan fingerprint density at radius 1 is 1.29 bits per heavy atom. The number of carbonyl (C=O) groups is 1. The third-order valence-corrected chi connectivity index (χ3v) is 6.16. The number of thioether (sulfide) groups is 1. The zero-order valence-electron chi connectivity index (χ0n) is 16.1. The molecular weight excluding hydrogens is 440 g/mol. The van der Waals surface area contributed by atoms with Crippen molar-refractivity contribution in [1.29, 1.82) is 0 Å². The van der Waals surface area contributed by atoms with Gasteiger partial charge in [-0.2, -0.15) is 4.98 Å². The van der Waals surface area contributed by atoms with E-state index in [2.05, 4.69) is 22.0 Å². The molecular formula is C20H17ClN6O3S. The van der Waals surface area contributed by atoms with E-state index in [-0.39, 0.29) is 5.69 Å². The molecule has 1 amide bonds. The van der Waals surface area contributed by atoms with E-state index in [0.29, 0.717) is 33.1 Å². The van der Waals surface area contributed by atoms with Gasteiger partial charge in [-0.1, -0.05) is 60.3 Å². The lowest BCUT2D eigenvalue weighted by molar-refractivity contribution is -0.384. The molecule has 31 heavy (non-hydrogen) atoms. The fourth-order valence-corrected chi connectivity index (χ4v) is 4.52. The predicted molar refractivity (Wildman–Crippen MR) is 118 cm³/mol. The van der Waals surface area contributed by atoms with Crippen molar-refractivity contribution in [3.63, 3.8) is 0 Å². The molecule has 11 heteroatoms. The molecule has 0 spiro atoms. The van der Waals surface area contributed by atoms with Crippen molar-refractivity contribution in [3.05, 3.63) is 87.1 Å². The second kappa shape index (κ2) is 8.40. The summed E-state index contributed by atoms with van der Waals surface area (Å²) in [5, 5.41) is 19.7. The number of aromatic nitrogens is 3. The normalized spacial score (nSPS) is 17.6. The Balaban J connectivity index is 1.69. The van der Waals surface area contributed by atoms with Crippen LogP contribution in [0.4, 0.5) is 11.6 Å². The third kappa shape index (κ3) is 4.12. The van der Waals surface area contributed by atoms with Crippen molar-refractivity contribution in [2.45, 2.75) is 17.0 Å². The topological polar surface area (TPSA) is 129 Å². The maximum absolute atomic E-state index is 12.2. The number of non-ortho nitro benzene ring substituents is 1. The van der Waals surface area contributed by atoms with Crippen molar-refractivity contribution in [3.8, 4) is 0 Å². The van der Waals surface area contributed by atoms with Gasteiger partial charge in [0.1, 0.15) is 5.92 Å². The summed E-state index contributed by atoms with van der Waals surface area (Å²) in [7, 11) is 0. The summed E-state index contributed by atoms with van der Waals surface area (Å²) < 4.78 is 1.57. The van der Waals surface area contributed by atoms with Gasteiger partial charge < -0.3 is 11.1 Å². The predicted octanol–water partition coefficient (Wildman–Crippen LogP) is 3.76. The minimum absolute atomic E-state index is 0.0538. The Kier molecular flexibility index (Phi) is 5.66. The zero-order valence-corrected chi connectivity index (χ0v) is 17.6. The van der Waals surface area contributed by atoms with Crippen LogP contribution in [-0.2, 0) is 10.5 Å². The molecule has 3 aromatic rings. The monoisotopic (exact) mass is 456 g/mol. The van der Waals surface area contributed by atoms with Crippen LogP contribution in [0.25, 0.3) is 0 Å². The van der Waals surface area contributed by atoms with Gasteiger partial charge in [-0.05, 0) is 17.2 Å². The highest BCUT2D eigenvalue weighted by Gasteiger charge is 2.39. The number of nitrogens with zero attached hydrogens (tertiary/aromatic N) is 4. The van der Waals surface area contributed by atoms with Crippen LogP contribution >= 0.6 is 23.4 Å². The summed E-state index contributed by atoms with van der Waals surface area (Å²) >= 11 is 7.61. The minimum atomic E-state index is -0.808. The number of nitrogens with two attached hydrogens (primary N) is 1. The highest BCUT2D eigenvalue weighted by molar-refractivity contribution is 7.98. The molecule has 3 N–H and O–H groups in total. The fraction of sp³-hybridized carbons (Fsp3) is 0.150. The van der Waals surface area contributed by atoms with Gasteiger partial charge in [-0.15, -0.1) is 5.10 Å². The van der Waals surface area contributed by atoms with Crippen LogP contribution in [0.15, 0.2) is 66.0 Å². The lowest BCUT2D eigenvalue weighted by Gasteiger charge is -2.32. The van der Waals surface area contributed by atoms with Crippen molar-refractivity contribution in [1.82, 2.24) is 14.8 Å². The lowest BCUT2D eigenvalue weighted by Crippen LogP contribution is -2.40. The first-order valence-corrected chi connectivity index (χ1v) is 10.5. The van der Waals surface area contributed by atoms with Crippen LogP contribution < -0.4 is 11.1 Å². The van der Waals surface area contributed by atoms with Crippen LogP contribution in [0.5, 0.6) is 0 Å². The summed E-state index contributed by atoms with van der Waals surface area (Å²) in [6.07, 6.45) is 0. The molecule has 158 valence electrons. The highest BCUT2D eigenvalue weighted by atomic mass is 35.5. The van der Waals surface area contributed by atoms with E-state index in [1.807, 2.05) is 24.3 Å². The molecule has 0 radical (unpaired) electrons. The summed E-state index contributed by atoms with van der Waals surface area (Å²) in [4.78, 5) is 27.2. The van der Waals surface area contributed by atoms with E-state index < -0.39 is 22.8 Å². The number of nitro benzene ring substituents is 1. The maximum atomic E-state index is 12.2. The second-order valence-electron chi connectivity index (χ2n) is 6.87. The Morgan fingerprint density at radius 3 is 2.65 bits per heavy atom. The Morgan fingerprint density at radius 2 is 2.00 bits per heavy atom. The molecule has 1 aromatic heterocycles. The van der Waals surface area contributed by atoms with Crippen LogP contribution in [0.1, 0.15) is 17.2 Å². The molecule has 1 aliphatic rings. The molecule has 0 bridgehead atoms. The van der Waals surface area contributed by atoms with Gasteiger partial charge in [0.2, 0.25) is 17.0 Å². The molecule has 4 rings (SSSR count). The van der Waals surface area contributed by atoms with Crippen LogP contribution in [0, 0.1) is 16.0 Å². The number of nitro groups is 1. The third-order valence-electron chi connectivity index (χ3n) is 4.91. The zero-order chi connectivity index (χ0) is 22.1. The summed E-state index contributed by atoms with van der Waals surface area (Å²) in [6.45, 7) is 3.93. The number of carbonyl (C=O) groups excluding carboxylic acids is 1. The molecule has 9 nitrogen and oxygen atoms in total. The smallest absolute Gasteiger partial charge is 0.269 e. The number of amides is 1. The molecule has 2 aromatic carbocycles. The number of rotatable bonds is 6. The molecule has 0 saturated carbocycles. The SMILES string of the molecule is C=C1Nc2nc(SCc3ccccc3Cl)nn2[C@H](c2ccc([N+](=O)[O-])cc2)[C@H]1C(N)=O. The van der Waals surface area contributed by atoms with Crippen LogP contribution in [0.2, 0.25) is 5.02 Å². The first kappa shape index (κ1) is 20.9. The number of anilines is 1. The first-order chi connectivity index (χ1) is 14.8. The number of fused-ring (bicyclic) bond motifs is 1. The molecule has 0 saturated heterocycles. The van der Waals surface area contributed by atoms with Crippen LogP contribution in [0.3, 0.4) is 0 Å². The van der Waals surface area contributed by atoms with Crippen LogP contribution in [-0.4, -0.2) is 25.6 Å². The van der Waals surface area contributed by atoms with Gasteiger partial charge in [0.25, 0.3) is 5.69 Å². The van der Waals surface area contributed by atoms with Crippen molar-refractivity contribution in [2.24, 2.45) is 11.7 Å². The quantitative estimate of drug-likeness (QED) is 0.328. The minimum Gasteiger partial charge on any atom is -0.369 e. The van der Waals surface area contributed by atoms with Gasteiger partial charge >= 0.3 is 0 Å². The largest absolute Gasteiger partial charge is 0.369 e. The average Bonchev–Trinajstić information content (AvgIpc) is 3.14. The lowest BCUT2D eigenvalue weighted by atomic mass is 9.88. The molecule has 2 heterocycles. The first-order valence-electron chi connectivity index (χ1n) is 9.17. The van der Waals surface area contributed by atoms with Crippen molar-refractivity contribution >= 4 is 40.9 Å². The average molecular weight is 457 g/mol. The number of nitrogens with one attached hydrogen (secondary N) is 1. The van der Waals surface area contributed by atoms with E-state index in [1.165, 1.54) is 23.9 Å². The fourth-order valence-electron chi connectivity index (χ4n) is 3.41. The van der Waals surface area contributed by atoms with Gasteiger partial charge in [-0.25, -0.2) is 4.68 Å². The standard InChI is InChI=1S/C20H17ClN6O3S/c1-11-16(18(22)28)17(12-6-8-14(9-7-12)27(29)30)26-19(23-11)24-20(25-26)31-10-13-4-2-3-5-15(13)21/h2-9,16-17H,1,10H2,(H2,22,28)(H,23,24,25)/t16-,17+/m0/s1.